The van der Waals surface area contributed by atoms with E-state index in [1.165, 1.54) is 154 Å². The molecule has 0 spiro atoms. The normalized spacial score (nSPS) is 43.4. The fourth-order valence-electron chi connectivity index (χ4n) is 20.8. The van der Waals surface area contributed by atoms with Crippen LogP contribution in [0.2, 0.25) is 0 Å². The Bertz CT molecular complexity index is 1550. The van der Waals surface area contributed by atoms with Crippen LogP contribution in [0.5, 0.6) is 0 Å². The first-order chi connectivity index (χ1) is 35.1. The van der Waals surface area contributed by atoms with Gasteiger partial charge in [0.25, 0.3) is 0 Å². The van der Waals surface area contributed by atoms with Crippen molar-refractivity contribution in [2.75, 3.05) is 0 Å². The highest BCUT2D eigenvalue weighted by molar-refractivity contribution is 5.09. The minimum atomic E-state index is 0.622. The lowest BCUT2D eigenvalue weighted by atomic mass is 9.65. The van der Waals surface area contributed by atoms with Gasteiger partial charge in [-0.15, -0.1) is 0 Å². The molecule has 442 valence electrons. The largest absolute Gasteiger partial charge is 0.0625 e. The molecular weight excluding hydrogens is 901 g/mol. The summed E-state index contributed by atoms with van der Waals surface area (Å²) >= 11 is 0. The van der Waals surface area contributed by atoms with E-state index >= 15 is 0 Å². The summed E-state index contributed by atoms with van der Waals surface area (Å²) in [4.78, 5) is 0. The van der Waals surface area contributed by atoms with Gasteiger partial charge in [0.15, 0.2) is 0 Å². The van der Waals surface area contributed by atoms with Crippen molar-refractivity contribution in [3.05, 3.63) is 0 Å². The van der Waals surface area contributed by atoms with E-state index in [0.29, 0.717) is 27.1 Å². The molecule has 0 radical (unpaired) electrons. The maximum atomic E-state index is 2.50. The Labute approximate surface area is 475 Å². The van der Waals surface area contributed by atoms with Crippen molar-refractivity contribution in [1.29, 1.82) is 0 Å². The van der Waals surface area contributed by atoms with Crippen LogP contribution in [-0.4, -0.2) is 0 Å². The molecule has 0 aromatic rings. The van der Waals surface area contributed by atoms with Crippen molar-refractivity contribution < 1.29 is 0 Å². The monoisotopic (exact) mass is 1040 g/mol. The molecule has 12 fully saturated rings. The quantitative estimate of drug-likeness (QED) is 0.246. The van der Waals surface area contributed by atoms with E-state index in [1.807, 2.05) is 0 Å². The maximum Gasteiger partial charge on any atom is -0.0246 e. The average Bonchev–Trinajstić information content (AvgIpc) is 4.22. The van der Waals surface area contributed by atoms with Crippen LogP contribution < -0.4 is 0 Å². The first-order valence-corrected chi connectivity index (χ1v) is 35.1. The summed E-state index contributed by atoms with van der Waals surface area (Å²) < 4.78 is 0. The van der Waals surface area contributed by atoms with Crippen LogP contribution in [0, 0.1) is 134 Å². The third-order valence-electron chi connectivity index (χ3n) is 26.6. The van der Waals surface area contributed by atoms with Gasteiger partial charge >= 0.3 is 0 Å². The first kappa shape index (κ1) is 65.8. The standard InChI is InChI=1S/3C11H20.C11H22.C10H20.C8H14.C7H14.C6H12/c1-8-10(2,3)9-5-6-11(8,4)7-9;1-8-7-9-5-6-11(8,4)10(9,2)3;1-9-6-7-10-4-2-3-5-11(10)8-9;1-8(2)11-6-5-9(3)7-10(11)4;1-8-5-9(2)7-10(3,4)6-8;1-6-4-7-2-3-8(6)5-7;1-7-5-3-2-4-6-7;1-6-4-2-3-5-6/h2*8-9H,5-7H2,1-4H3;9-11H,2-8H2,1H3;8-11H,5-7H2,1-4H3;8-9H,5-7H2,1-4H3;6-8H,2-5H2,1H3;7H,2-6H2,1H3;6H,2-5H2,1H3. The van der Waals surface area contributed by atoms with Crippen LogP contribution >= 0.6 is 0 Å². The minimum Gasteiger partial charge on any atom is -0.0625 e. The molecule has 0 nitrogen and oxygen atoms in total. The van der Waals surface area contributed by atoms with Gasteiger partial charge in [-0.25, -0.2) is 0 Å². The number of fused-ring (bicyclic) bond motifs is 7. The van der Waals surface area contributed by atoms with Crippen molar-refractivity contribution in [1.82, 2.24) is 0 Å². The predicted octanol–water partition coefficient (Wildman–Crippen LogP) is 25.0. The highest BCUT2D eigenvalue weighted by Crippen LogP contribution is 2.68. The lowest BCUT2D eigenvalue weighted by molar-refractivity contribution is 0.0903. The third-order valence-corrected chi connectivity index (χ3v) is 26.6. The molecule has 0 aliphatic heterocycles. The molecule has 75 heavy (non-hydrogen) atoms. The molecule has 0 saturated heterocycles. The van der Waals surface area contributed by atoms with Gasteiger partial charge in [0.1, 0.15) is 0 Å². The summed E-state index contributed by atoms with van der Waals surface area (Å²) in [5.74, 6) is 18.5. The van der Waals surface area contributed by atoms with Crippen molar-refractivity contribution in [3.8, 4) is 0 Å². The summed E-state index contributed by atoms with van der Waals surface area (Å²) in [6, 6.07) is 0. The SMILES string of the molecule is CC1C2(C)CCC(C2)C1(C)C.CC1CC(C)CC(C)(C)C1.CC1CC2CCC1(C)C2(C)C.CC1CC2CCC1C2.CC1CCC(C(C)C)C(C)C1.CC1CCC2CCCCC2C1.CC1CCCC1.CC1CCCCC1. The second-order valence-electron chi connectivity index (χ2n) is 34.5. The number of hydrogen-bond acceptors (Lipinski definition) is 0. The topological polar surface area (TPSA) is 0 Å². The Balaban J connectivity index is 0.000000160. The highest BCUT2D eigenvalue weighted by atomic mass is 14.6. The van der Waals surface area contributed by atoms with E-state index in [9.17, 15) is 0 Å². The Morgan fingerprint density at radius 2 is 0.880 bits per heavy atom. The summed E-state index contributed by atoms with van der Waals surface area (Å²) in [6.07, 6.45) is 48.0. The Hall–Kier alpha value is 0. The van der Waals surface area contributed by atoms with Crippen molar-refractivity contribution in [2.45, 2.75) is 344 Å². The molecule has 0 aromatic carbocycles. The average molecular weight is 1040 g/mol. The van der Waals surface area contributed by atoms with Gasteiger partial charge in [-0.3, -0.25) is 0 Å². The van der Waals surface area contributed by atoms with Gasteiger partial charge < -0.3 is 0 Å². The van der Waals surface area contributed by atoms with Crippen molar-refractivity contribution in [3.63, 3.8) is 0 Å². The van der Waals surface area contributed by atoms with E-state index < -0.39 is 0 Å². The van der Waals surface area contributed by atoms with Gasteiger partial charge in [0.2, 0.25) is 0 Å². The molecule has 12 aliphatic rings. The third kappa shape index (κ3) is 18.8. The molecule has 6 bridgehead atoms. The predicted molar refractivity (Wildman–Crippen MR) is 336 cm³/mol. The Kier molecular flexibility index (Phi) is 25.7. The summed E-state index contributed by atoms with van der Waals surface area (Å²) in [5.41, 5.74) is 3.25. The fourth-order valence-corrected chi connectivity index (χ4v) is 20.8. The zero-order valence-electron chi connectivity index (χ0n) is 55.5. The van der Waals surface area contributed by atoms with Crippen LogP contribution in [0.3, 0.4) is 0 Å². The van der Waals surface area contributed by atoms with E-state index in [1.54, 1.807) is 51.4 Å². The van der Waals surface area contributed by atoms with E-state index in [4.69, 9.17) is 0 Å². The van der Waals surface area contributed by atoms with Crippen LogP contribution in [-0.2, 0) is 0 Å². The van der Waals surface area contributed by atoms with Crippen LogP contribution in [0.4, 0.5) is 0 Å². The number of hydrogen-bond donors (Lipinski definition) is 0. The van der Waals surface area contributed by atoms with Gasteiger partial charge in [0.05, 0.1) is 0 Å². The van der Waals surface area contributed by atoms with Crippen LogP contribution in [0.15, 0.2) is 0 Å². The molecular formula is C75H142. The first-order valence-electron chi connectivity index (χ1n) is 35.1. The van der Waals surface area contributed by atoms with Crippen LogP contribution in [0.25, 0.3) is 0 Å². The van der Waals surface area contributed by atoms with Gasteiger partial charge in [0, 0.05) is 0 Å². The fraction of sp³-hybridized carbons (Fsp3) is 1.00. The molecule has 17 atom stereocenters. The lowest BCUT2D eigenvalue weighted by Crippen LogP contribution is -2.32. The molecule has 0 heteroatoms. The van der Waals surface area contributed by atoms with E-state index in [0.717, 1.165) is 107 Å². The molecule has 17 unspecified atom stereocenters. The zero-order valence-corrected chi connectivity index (χ0v) is 55.5. The zero-order chi connectivity index (χ0) is 55.5. The number of rotatable bonds is 1. The van der Waals surface area contributed by atoms with Gasteiger partial charge in [-0.2, -0.15) is 0 Å². The summed E-state index contributed by atoms with van der Waals surface area (Å²) in [5, 5.41) is 0. The van der Waals surface area contributed by atoms with Crippen molar-refractivity contribution >= 4 is 0 Å². The van der Waals surface area contributed by atoms with Crippen LogP contribution in [0.1, 0.15) is 344 Å². The van der Waals surface area contributed by atoms with E-state index in [2.05, 4.69) is 138 Å². The molecule has 0 amide bonds. The molecule has 12 saturated carbocycles. The van der Waals surface area contributed by atoms with Gasteiger partial charge in [-0.05, 0) is 236 Å². The second-order valence-corrected chi connectivity index (χ2v) is 34.5. The summed E-state index contributed by atoms with van der Waals surface area (Å²) in [7, 11) is 0. The van der Waals surface area contributed by atoms with E-state index in [-0.39, 0.29) is 0 Å². The molecule has 0 N–H and O–H groups in total. The lowest BCUT2D eigenvalue weighted by Gasteiger charge is -2.40. The Morgan fingerprint density at radius 3 is 1.23 bits per heavy atom. The highest BCUT2D eigenvalue weighted by Gasteiger charge is 2.59. The molecule has 12 rings (SSSR count). The molecule has 12 aliphatic carbocycles. The second kappa shape index (κ2) is 29.3. The minimum absolute atomic E-state index is 0.622. The smallest absolute Gasteiger partial charge is 0.0246 e. The molecule has 0 aromatic heterocycles. The van der Waals surface area contributed by atoms with Crippen molar-refractivity contribution in [2.24, 2.45) is 134 Å². The maximum absolute atomic E-state index is 2.50. The molecule has 0 heterocycles. The van der Waals surface area contributed by atoms with Gasteiger partial charge in [-0.1, -0.05) is 241 Å². The Morgan fingerprint density at radius 1 is 0.360 bits per heavy atom. The summed E-state index contributed by atoms with van der Waals surface area (Å²) in [6.45, 7) is 48.5.